The monoisotopic (exact) mass is 425 g/mol. The van der Waals surface area contributed by atoms with Crippen LogP contribution in [0.25, 0.3) is 10.9 Å². The number of benzene rings is 3. The van der Waals surface area contributed by atoms with E-state index in [4.69, 9.17) is 4.74 Å². The van der Waals surface area contributed by atoms with Gasteiger partial charge >= 0.3 is 0 Å². The minimum atomic E-state index is -0.0270. The molecule has 1 aliphatic rings. The lowest BCUT2D eigenvalue weighted by Crippen LogP contribution is -2.41. The number of ether oxygens (including phenoxy) is 1. The number of para-hydroxylation sites is 1. The Bertz CT molecular complexity index is 1240. The van der Waals surface area contributed by atoms with Crippen molar-refractivity contribution in [1.82, 2.24) is 9.88 Å². The topological polar surface area (TPSA) is 57.4 Å². The maximum absolute atomic E-state index is 12.9. The fourth-order valence-electron chi connectivity index (χ4n) is 4.65. The summed E-state index contributed by atoms with van der Waals surface area (Å²) in [6.07, 6.45) is 0.907. The quantitative estimate of drug-likeness (QED) is 0.469. The summed E-state index contributed by atoms with van der Waals surface area (Å²) in [5.41, 5.74) is 6.79. The Hall–Kier alpha value is -3.57. The second-order valence-electron chi connectivity index (χ2n) is 8.37. The zero-order valence-corrected chi connectivity index (χ0v) is 18.4. The fraction of sp³-hybridized carbons (Fsp3) is 0.222. The summed E-state index contributed by atoms with van der Waals surface area (Å²) in [5, 5.41) is 4.31. The van der Waals surface area contributed by atoms with Gasteiger partial charge in [0.25, 0.3) is 0 Å². The number of aryl methyl sites for hydroxylation is 1. The lowest BCUT2D eigenvalue weighted by Gasteiger charge is -2.35. The van der Waals surface area contributed by atoms with E-state index in [1.54, 1.807) is 7.11 Å². The molecule has 1 aliphatic heterocycles. The van der Waals surface area contributed by atoms with Crippen molar-refractivity contribution >= 4 is 22.5 Å². The van der Waals surface area contributed by atoms with E-state index < -0.39 is 0 Å². The molecule has 162 valence electrons. The summed E-state index contributed by atoms with van der Waals surface area (Å²) < 4.78 is 5.35. The van der Waals surface area contributed by atoms with Gasteiger partial charge in [-0.15, -0.1) is 0 Å². The van der Waals surface area contributed by atoms with E-state index >= 15 is 0 Å². The maximum Gasteiger partial charge on any atom is 0.238 e. The molecule has 32 heavy (non-hydrogen) atoms. The lowest BCUT2D eigenvalue weighted by atomic mass is 9.92. The molecule has 5 rings (SSSR count). The lowest BCUT2D eigenvalue weighted by molar-refractivity contribution is -0.117. The molecule has 0 saturated carbocycles. The first-order chi connectivity index (χ1) is 15.6. The number of carbonyl (C=O) groups excluding carboxylic acids is 1. The van der Waals surface area contributed by atoms with Gasteiger partial charge in [0.05, 0.1) is 19.7 Å². The number of fused-ring (bicyclic) bond motifs is 3. The average Bonchev–Trinajstić information content (AvgIpc) is 3.19. The summed E-state index contributed by atoms with van der Waals surface area (Å²) in [5.74, 6) is 0.817. The van der Waals surface area contributed by atoms with Crippen molar-refractivity contribution in [2.24, 2.45) is 0 Å². The molecule has 1 atom stereocenters. The number of nitrogens with one attached hydrogen (secondary N) is 2. The van der Waals surface area contributed by atoms with Crippen LogP contribution in [0.15, 0.2) is 72.8 Å². The van der Waals surface area contributed by atoms with Gasteiger partial charge in [-0.25, -0.2) is 0 Å². The first kappa shape index (κ1) is 20.3. The maximum atomic E-state index is 12.9. The van der Waals surface area contributed by atoms with E-state index in [2.05, 4.69) is 51.6 Å². The Morgan fingerprint density at radius 2 is 1.81 bits per heavy atom. The molecule has 5 heteroatoms. The zero-order valence-electron chi connectivity index (χ0n) is 18.4. The van der Waals surface area contributed by atoms with Gasteiger partial charge in [-0.2, -0.15) is 0 Å². The normalized spacial score (nSPS) is 16.0. The van der Waals surface area contributed by atoms with Gasteiger partial charge in [0.1, 0.15) is 5.75 Å². The molecule has 0 spiro atoms. The molecule has 0 unspecified atom stereocenters. The number of H-pyrrole nitrogens is 1. The highest BCUT2D eigenvalue weighted by Crippen LogP contribution is 2.38. The van der Waals surface area contributed by atoms with Crippen molar-refractivity contribution in [3.63, 3.8) is 0 Å². The molecule has 1 aromatic heterocycles. The first-order valence-electron chi connectivity index (χ1n) is 11.0. The third kappa shape index (κ3) is 3.87. The SMILES string of the molecule is COc1ccc([C@@H]2c3[nH]c4ccccc4c3CCN2CC(=O)Nc2ccc(C)cc2)cc1. The summed E-state index contributed by atoms with van der Waals surface area (Å²) in [6, 6.07) is 24.5. The molecule has 2 heterocycles. The molecular weight excluding hydrogens is 398 g/mol. The van der Waals surface area contributed by atoms with Crippen molar-refractivity contribution < 1.29 is 9.53 Å². The van der Waals surface area contributed by atoms with Crippen molar-refractivity contribution in [3.05, 3.63) is 95.2 Å². The van der Waals surface area contributed by atoms with Gasteiger partial charge in [0.2, 0.25) is 5.91 Å². The molecule has 1 amide bonds. The minimum absolute atomic E-state index is 0.00748. The summed E-state index contributed by atoms with van der Waals surface area (Å²) in [6.45, 7) is 3.17. The summed E-state index contributed by atoms with van der Waals surface area (Å²) in [7, 11) is 1.67. The number of carbonyl (C=O) groups is 1. The number of aromatic nitrogens is 1. The van der Waals surface area contributed by atoms with Crippen LogP contribution < -0.4 is 10.1 Å². The molecule has 4 aromatic rings. The van der Waals surface area contributed by atoms with Crippen LogP contribution in [0.2, 0.25) is 0 Å². The molecule has 0 radical (unpaired) electrons. The number of aromatic amines is 1. The Morgan fingerprint density at radius 1 is 1.06 bits per heavy atom. The van der Waals surface area contributed by atoms with Crippen LogP contribution in [0.5, 0.6) is 5.75 Å². The molecule has 3 aromatic carbocycles. The van der Waals surface area contributed by atoms with Crippen molar-refractivity contribution in [2.45, 2.75) is 19.4 Å². The number of hydrogen-bond donors (Lipinski definition) is 2. The molecule has 0 aliphatic carbocycles. The Kier molecular flexibility index (Phi) is 5.41. The second-order valence-corrected chi connectivity index (χ2v) is 8.37. The van der Waals surface area contributed by atoms with E-state index in [0.29, 0.717) is 6.54 Å². The van der Waals surface area contributed by atoms with Gasteiger partial charge in [0.15, 0.2) is 0 Å². The van der Waals surface area contributed by atoms with E-state index in [1.165, 1.54) is 22.2 Å². The summed E-state index contributed by atoms with van der Waals surface area (Å²) >= 11 is 0. The van der Waals surface area contributed by atoms with E-state index in [0.717, 1.165) is 35.5 Å². The van der Waals surface area contributed by atoms with E-state index in [1.807, 2.05) is 43.3 Å². The average molecular weight is 426 g/mol. The predicted molar refractivity (Wildman–Crippen MR) is 128 cm³/mol. The number of nitrogens with zero attached hydrogens (tertiary/aromatic N) is 1. The van der Waals surface area contributed by atoms with Crippen molar-refractivity contribution in [3.8, 4) is 5.75 Å². The number of amides is 1. The highest BCUT2D eigenvalue weighted by molar-refractivity contribution is 5.92. The number of hydrogen-bond acceptors (Lipinski definition) is 3. The fourth-order valence-corrected chi connectivity index (χ4v) is 4.65. The Balaban J connectivity index is 1.47. The third-order valence-electron chi connectivity index (χ3n) is 6.25. The molecule has 0 bridgehead atoms. The van der Waals surface area contributed by atoms with Gasteiger partial charge in [-0.1, -0.05) is 48.0 Å². The molecule has 0 saturated heterocycles. The van der Waals surface area contributed by atoms with Crippen LogP contribution in [0.4, 0.5) is 5.69 Å². The predicted octanol–water partition coefficient (Wildman–Crippen LogP) is 5.07. The molecule has 2 N–H and O–H groups in total. The highest BCUT2D eigenvalue weighted by Gasteiger charge is 2.32. The zero-order chi connectivity index (χ0) is 22.1. The first-order valence-corrected chi connectivity index (χ1v) is 11.0. The van der Waals surface area contributed by atoms with Crippen LogP contribution in [0, 0.1) is 6.92 Å². The Labute approximate surface area is 188 Å². The second kappa shape index (κ2) is 8.52. The van der Waals surface area contributed by atoms with Gasteiger partial charge < -0.3 is 15.0 Å². The van der Waals surface area contributed by atoms with Gasteiger partial charge in [-0.3, -0.25) is 9.69 Å². The molecular formula is C27H27N3O2. The van der Waals surface area contributed by atoms with Gasteiger partial charge in [-0.05, 0) is 54.8 Å². The van der Waals surface area contributed by atoms with Crippen molar-refractivity contribution in [2.75, 3.05) is 25.5 Å². The largest absolute Gasteiger partial charge is 0.497 e. The number of rotatable bonds is 5. The van der Waals surface area contributed by atoms with Crippen LogP contribution in [0.1, 0.15) is 28.4 Å². The van der Waals surface area contributed by atoms with Crippen molar-refractivity contribution in [1.29, 1.82) is 0 Å². The number of anilines is 1. The van der Waals surface area contributed by atoms with Crippen LogP contribution in [-0.4, -0.2) is 36.0 Å². The Morgan fingerprint density at radius 3 is 2.56 bits per heavy atom. The van der Waals surface area contributed by atoms with Crippen LogP contribution in [0.3, 0.4) is 0 Å². The number of methoxy groups -OCH3 is 1. The third-order valence-corrected chi connectivity index (χ3v) is 6.25. The van der Waals surface area contributed by atoms with Crippen LogP contribution in [-0.2, 0) is 11.2 Å². The highest BCUT2D eigenvalue weighted by atomic mass is 16.5. The van der Waals surface area contributed by atoms with E-state index in [9.17, 15) is 4.79 Å². The van der Waals surface area contributed by atoms with Crippen LogP contribution >= 0.6 is 0 Å². The standard InChI is InChI=1S/C27H27N3O2/c1-18-7-11-20(12-8-18)28-25(31)17-30-16-15-23-22-5-3-4-6-24(22)29-26(23)27(30)19-9-13-21(32-2)14-10-19/h3-14,27,29H,15-17H2,1-2H3,(H,28,31)/t27-/m1/s1. The minimum Gasteiger partial charge on any atom is -0.497 e. The molecule has 5 nitrogen and oxygen atoms in total. The molecule has 0 fully saturated rings. The van der Waals surface area contributed by atoms with Gasteiger partial charge in [0, 0.05) is 28.8 Å². The summed E-state index contributed by atoms with van der Waals surface area (Å²) in [4.78, 5) is 18.8. The van der Waals surface area contributed by atoms with E-state index in [-0.39, 0.29) is 11.9 Å². The smallest absolute Gasteiger partial charge is 0.238 e.